The first kappa shape index (κ1) is 12.5. The van der Waals surface area contributed by atoms with E-state index >= 15 is 0 Å². The Balaban J connectivity index is 2.95. The molecule has 0 aromatic heterocycles. The second-order valence-corrected chi connectivity index (χ2v) is 4.10. The van der Waals surface area contributed by atoms with Crippen molar-refractivity contribution in [3.05, 3.63) is 35.4 Å². The Morgan fingerprint density at radius 1 is 1.47 bits per heavy atom. The fourth-order valence-corrected chi connectivity index (χ4v) is 1.50. The van der Waals surface area contributed by atoms with E-state index in [2.05, 4.69) is 15.9 Å². The SMILES string of the molecule is CO[C]c1ccc(Cl)c(OP(=O)(O)O)c1. The number of rotatable bonds is 4. The number of benzene rings is 1. The molecule has 1 rings (SSSR count). The van der Waals surface area contributed by atoms with Crippen molar-refractivity contribution in [2.75, 3.05) is 7.11 Å². The Hall–Kier alpha value is -0.580. The van der Waals surface area contributed by atoms with Crippen LogP contribution < -0.4 is 4.52 Å². The Morgan fingerprint density at radius 3 is 2.67 bits per heavy atom. The Bertz CT molecular complexity index is 389. The normalized spacial score (nSPS) is 11.5. The number of phosphoric acid groups is 1. The maximum absolute atomic E-state index is 10.6. The molecular formula is C8H8ClO5P. The van der Waals surface area contributed by atoms with Crippen molar-refractivity contribution in [1.82, 2.24) is 0 Å². The van der Waals surface area contributed by atoms with Crippen LogP contribution in [0.25, 0.3) is 0 Å². The third-order valence-corrected chi connectivity index (χ3v) is 2.12. The summed E-state index contributed by atoms with van der Waals surface area (Å²) in [6.07, 6.45) is 0. The van der Waals surface area contributed by atoms with Gasteiger partial charge in [0.1, 0.15) is 0 Å². The van der Waals surface area contributed by atoms with Gasteiger partial charge in [0.05, 0.1) is 5.02 Å². The molecule has 0 bridgehead atoms. The first-order chi connectivity index (χ1) is 6.92. The first-order valence-electron chi connectivity index (χ1n) is 3.76. The van der Waals surface area contributed by atoms with Crippen LogP contribution >= 0.6 is 19.4 Å². The number of hydrogen-bond donors (Lipinski definition) is 2. The summed E-state index contributed by atoms with van der Waals surface area (Å²) in [4.78, 5) is 17.2. The van der Waals surface area contributed by atoms with Crippen LogP contribution in [0.15, 0.2) is 18.2 Å². The van der Waals surface area contributed by atoms with Gasteiger partial charge in [0.2, 0.25) is 0 Å². The summed E-state index contributed by atoms with van der Waals surface area (Å²) >= 11 is 5.67. The molecular weight excluding hydrogens is 243 g/mol. The largest absolute Gasteiger partial charge is 0.524 e. The van der Waals surface area contributed by atoms with Gasteiger partial charge in [0.25, 0.3) is 0 Å². The van der Waals surface area contributed by atoms with Gasteiger partial charge in [-0.15, -0.1) is 0 Å². The summed E-state index contributed by atoms with van der Waals surface area (Å²) in [5.41, 5.74) is 0.463. The van der Waals surface area contributed by atoms with Crippen LogP contribution in [0.3, 0.4) is 0 Å². The maximum atomic E-state index is 10.6. The quantitative estimate of drug-likeness (QED) is 0.798. The van der Waals surface area contributed by atoms with Gasteiger partial charge in [-0.3, -0.25) is 9.79 Å². The Kier molecular flexibility index (Phi) is 4.13. The molecule has 0 saturated heterocycles. The highest BCUT2D eigenvalue weighted by molar-refractivity contribution is 7.46. The number of phosphoric ester groups is 1. The highest BCUT2D eigenvalue weighted by Crippen LogP contribution is 2.41. The van der Waals surface area contributed by atoms with E-state index < -0.39 is 7.82 Å². The van der Waals surface area contributed by atoms with Gasteiger partial charge >= 0.3 is 7.82 Å². The van der Waals surface area contributed by atoms with Crippen LogP contribution in [0, 0.1) is 6.61 Å². The third kappa shape index (κ3) is 4.20. The van der Waals surface area contributed by atoms with E-state index in [1.807, 2.05) is 0 Å². The van der Waals surface area contributed by atoms with E-state index in [0.717, 1.165) is 0 Å². The average Bonchev–Trinajstić information content (AvgIpc) is 2.09. The highest BCUT2D eigenvalue weighted by atomic mass is 35.5. The van der Waals surface area contributed by atoms with Gasteiger partial charge in [-0.2, -0.15) is 0 Å². The van der Waals surface area contributed by atoms with Crippen LogP contribution in [0.2, 0.25) is 5.02 Å². The lowest BCUT2D eigenvalue weighted by Crippen LogP contribution is -1.92. The molecule has 1 aromatic rings. The number of methoxy groups -OCH3 is 1. The van der Waals surface area contributed by atoms with Crippen LogP contribution in [0.4, 0.5) is 0 Å². The van der Waals surface area contributed by atoms with Crippen molar-refractivity contribution in [1.29, 1.82) is 0 Å². The molecule has 0 aliphatic carbocycles. The third-order valence-electron chi connectivity index (χ3n) is 1.37. The predicted octanol–water partition coefficient (Wildman–Crippen LogP) is 1.84. The van der Waals surface area contributed by atoms with E-state index in [4.69, 9.17) is 21.4 Å². The molecule has 0 amide bonds. The van der Waals surface area contributed by atoms with Crippen LogP contribution in [0.1, 0.15) is 5.56 Å². The monoisotopic (exact) mass is 250 g/mol. The fraction of sp³-hybridized carbons (Fsp3) is 0.125. The lowest BCUT2D eigenvalue weighted by molar-refractivity contribution is 0.281. The zero-order chi connectivity index (χ0) is 11.5. The second kappa shape index (κ2) is 4.96. The minimum Gasteiger partial charge on any atom is -0.403 e. The molecule has 0 aliphatic heterocycles. The smallest absolute Gasteiger partial charge is 0.403 e. The molecule has 5 nitrogen and oxygen atoms in total. The molecule has 0 unspecified atom stereocenters. The zero-order valence-electron chi connectivity index (χ0n) is 7.68. The summed E-state index contributed by atoms with van der Waals surface area (Å²) in [6.45, 7) is 2.47. The van der Waals surface area contributed by atoms with Gasteiger partial charge < -0.3 is 9.26 Å². The van der Waals surface area contributed by atoms with Gasteiger partial charge in [0, 0.05) is 7.11 Å². The van der Waals surface area contributed by atoms with Crippen molar-refractivity contribution < 1.29 is 23.6 Å². The minimum atomic E-state index is -4.61. The minimum absolute atomic E-state index is 0.0972. The van der Waals surface area contributed by atoms with Crippen LogP contribution in [0.5, 0.6) is 5.75 Å². The van der Waals surface area contributed by atoms with E-state index in [0.29, 0.717) is 5.56 Å². The second-order valence-electron chi connectivity index (χ2n) is 2.53. The number of ether oxygens (including phenoxy) is 1. The van der Waals surface area contributed by atoms with E-state index in [9.17, 15) is 4.57 Å². The Labute approximate surface area is 91.8 Å². The standard InChI is InChI=1S/C8H8ClO5P/c1-13-5-6-2-3-7(9)8(4-6)14-15(10,11)12/h2-4H,1H3,(H2,10,11,12). The van der Waals surface area contributed by atoms with Crippen molar-refractivity contribution in [3.63, 3.8) is 0 Å². The zero-order valence-corrected chi connectivity index (χ0v) is 9.33. The van der Waals surface area contributed by atoms with Gasteiger partial charge in [-0.25, -0.2) is 4.57 Å². The van der Waals surface area contributed by atoms with Crippen molar-refractivity contribution in [2.45, 2.75) is 0 Å². The molecule has 0 fully saturated rings. The highest BCUT2D eigenvalue weighted by Gasteiger charge is 2.18. The van der Waals surface area contributed by atoms with Gasteiger partial charge in [0.15, 0.2) is 12.4 Å². The van der Waals surface area contributed by atoms with Gasteiger partial charge in [-0.05, 0) is 17.7 Å². The van der Waals surface area contributed by atoms with Crippen molar-refractivity contribution in [3.8, 4) is 5.75 Å². The lowest BCUT2D eigenvalue weighted by atomic mass is 10.2. The molecule has 15 heavy (non-hydrogen) atoms. The number of halogens is 1. The molecule has 2 N–H and O–H groups in total. The lowest BCUT2D eigenvalue weighted by Gasteiger charge is -2.09. The summed E-state index contributed by atoms with van der Waals surface area (Å²) in [6, 6.07) is 4.30. The van der Waals surface area contributed by atoms with Crippen LogP contribution in [-0.4, -0.2) is 16.9 Å². The van der Waals surface area contributed by atoms with Crippen molar-refractivity contribution >= 4 is 19.4 Å². The molecule has 0 heterocycles. The van der Waals surface area contributed by atoms with Crippen molar-refractivity contribution in [2.24, 2.45) is 0 Å². The molecule has 1 aromatic carbocycles. The summed E-state index contributed by atoms with van der Waals surface area (Å²) in [5.74, 6) is -0.118. The molecule has 0 aliphatic rings. The fourth-order valence-electron chi connectivity index (χ4n) is 0.883. The molecule has 0 atom stereocenters. The molecule has 82 valence electrons. The van der Waals surface area contributed by atoms with Crippen LogP contribution in [-0.2, 0) is 9.30 Å². The summed E-state index contributed by atoms with van der Waals surface area (Å²) in [7, 11) is -3.21. The topological polar surface area (TPSA) is 76.0 Å². The van der Waals surface area contributed by atoms with E-state index in [1.54, 1.807) is 6.07 Å². The maximum Gasteiger partial charge on any atom is 0.524 e. The first-order valence-corrected chi connectivity index (χ1v) is 5.67. The molecule has 0 saturated carbocycles. The van der Waals surface area contributed by atoms with Gasteiger partial charge in [-0.1, -0.05) is 17.7 Å². The summed E-state index contributed by atoms with van der Waals surface area (Å²) in [5, 5.41) is 0.0972. The predicted molar refractivity (Wildman–Crippen MR) is 53.5 cm³/mol. The van der Waals surface area contributed by atoms with E-state index in [1.165, 1.54) is 19.2 Å². The number of hydrogen-bond acceptors (Lipinski definition) is 3. The molecule has 7 heteroatoms. The Morgan fingerprint density at radius 2 is 2.13 bits per heavy atom. The van der Waals surface area contributed by atoms with E-state index in [-0.39, 0.29) is 10.8 Å². The average molecular weight is 251 g/mol. The molecule has 0 spiro atoms. The summed E-state index contributed by atoms with van der Waals surface area (Å²) < 4.78 is 19.6. The molecule has 2 radical (unpaired) electrons.